The summed E-state index contributed by atoms with van der Waals surface area (Å²) in [6, 6.07) is 4.09. The molecule has 0 spiro atoms. The molecule has 154 valence electrons. The fourth-order valence-electron chi connectivity index (χ4n) is 2.52. The van der Waals surface area contributed by atoms with Crippen LogP contribution in [0.15, 0.2) is 34.1 Å². The van der Waals surface area contributed by atoms with Crippen LogP contribution in [0.5, 0.6) is 0 Å². The van der Waals surface area contributed by atoms with Gasteiger partial charge in [-0.25, -0.2) is 9.37 Å². The second-order valence-electron chi connectivity index (χ2n) is 6.01. The predicted molar refractivity (Wildman–Crippen MR) is 108 cm³/mol. The maximum absolute atomic E-state index is 14.8. The molecule has 0 aliphatic heterocycles. The molecule has 2 aromatic heterocycles. The van der Waals surface area contributed by atoms with Gasteiger partial charge in [0.05, 0.1) is 18.0 Å². The van der Waals surface area contributed by atoms with E-state index in [9.17, 15) is 23.5 Å². The standard InChI is InChI=1S/C17H15F2IN4O5/c1-23-15-12(16(27)24(7-21-15)29-6-9(26)5-25)14(13(19)17(23)28)22-11-3-2-8(20)4-10(11)18/h2-4,7,9,22,25-26H,5-6H2,1H3/t9-/m1/s1. The van der Waals surface area contributed by atoms with Crippen LogP contribution in [0.25, 0.3) is 11.0 Å². The van der Waals surface area contributed by atoms with E-state index in [4.69, 9.17) is 9.94 Å². The van der Waals surface area contributed by atoms with Gasteiger partial charge in [-0.05, 0) is 40.8 Å². The van der Waals surface area contributed by atoms with Gasteiger partial charge >= 0.3 is 0 Å². The summed E-state index contributed by atoms with van der Waals surface area (Å²) in [5.74, 6) is -2.01. The Labute approximate surface area is 175 Å². The minimum absolute atomic E-state index is 0.148. The van der Waals surface area contributed by atoms with Crippen molar-refractivity contribution in [2.45, 2.75) is 6.10 Å². The van der Waals surface area contributed by atoms with Crippen molar-refractivity contribution in [1.82, 2.24) is 14.3 Å². The molecule has 12 heteroatoms. The summed E-state index contributed by atoms with van der Waals surface area (Å²) in [5.41, 5.74) is -2.82. The van der Waals surface area contributed by atoms with E-state index in [2.05, 4.69) is 10.3 Å². The van der Waals surface area contributed by atoms with Crippen LogP contribution in [0.2, 0.25) is 0 Å². The van der Waals surface area contributed by atoms with Crippen LogP contribution in [0.3, 0.4) is 0 Å². The maximum atomic E-state index is 14.8. The number of aliphatic hydroxyl groups excluding tert-OH is 2. The highest BCUT2D eigenvalue weighted by Gasteiger charge is 2.22. The number of nitrogens with zero attached hydrogens (tertiary/aromatic N) is 3. The first-order valence-electron chi connectivity index (χ1n) is 8.18. The summed E-state index contributed by atoms with van der Waals surface area (Å²) < 4.78 is 31.1. The van der Waals surface area contributed by atoms with Crippen molar-refractivity contribution in [3.63, 3.8) is 0 Å². The number of rotatable bonds is 6. The molecule has 1 atom stereocenters. The maximum Gasteiger partial charge on any atom is 0.297 e. The zero-order valence-electron chi connectivity index (χ0n) is 14.9. The van der Waals surface area contributed by atoms with Crippen LogP contribution in [0.4, 0.5) is 20.2 Å². The molecule has 0 bridgehead atoms. The summed E-state index contributed by atoms with van der Waals surface area (Å²) >= 11 is 1.90. The lowest BCUT2D eigenvalue weighted by atomic mass is 10.2. The molecule has 9 nitrogen and oxygen atoms in total. The number of pyridine rings is 1. The molecule has 0 radical (unpaired) electrons. The number of halogens is 3. The zero-order valence-corrected chi connectivity index (χ0v) is 17.1. The third-order valence-corrected chi connectivity index (χ3v) is 4.68. The molecule has 3 rings (SSSR count). The molecule has 0 saturated carbocycles. The largest absolute Gasteiger partial charge is 0.406 e. The molecular formula is C17H15F2IN4O5. The third kappa shape index (κ3) is 4.09. The van der Waals surface area contributed by atoms with E-state index in [-0.39, 0.29) is 16.7 Å². The molecule has 0 saturated heterocycles. The van der Waals surface area contributed by atoms with Crippen molar-refractivity contribution < 1.29 is 23.8 Å². The SMILES string of the molecule is Cn1c(=O)c(F)c(Nc2ccc(I)cc2F)c2c(=O)n(OC[C@H](O)CO)cnc21. The average molecular weight is 520 g/mol. The Morgan fingerprint density at radius 2 is 2.03 bits per heavy atom. The zero-order chi connectivity index (χ0) is 21.3. The molecule has 0 unspecified atom stereocenters. The van der Waals surface area contributed by atoms with Crippen molar-refractivity contribution >= 4 is 45.0 Å². The number of nitrogens with one attached hydrogen (secondary N) is 1. The highest BCUT2D eigenvalue weighted by molar-refractivity contribution is 14.1. The van der Waals surface area contributed by atoms with Gasteiger partial charge in [-0.3, -0.25) is 14.2 Å². The first-order valence-corrected chi connectivity index (χ1v) is 9.26. The number of hydrogen-bond acceptors (Lipinski definition) is 7. The molecule has 0 amide bonds. The second-order valence-corrected chi connectivity index (χ2v) is 7.25. The van der Waals surface area contributed by atoms with Gasteiger partial charge in [-0.1, -0.05) is 0 Å². The smallest absolute Gasteiger partial charge is 0.297 e. The Hall–Kier alpha value is -2.58. The van der Waals surface area contributed by atoms with E-state index < -0.39 is 47.8 Å². The van der Waals surface area contributed by atoms with Crippen molar-refractivity contribution in [1.29, 1.82) is 0 Å². The van der Waals surface area contributed by atoms with Gasteiger partial charge in [0.1, 0.15) is 30.2 Å². The van der Waals surface area contributed by atoms with Gasteiger partial charge < -0.3 is 20.4 Å². The van der Waals surface area contributed by atoms with Gasteiger partial charge in [0.2, 0.25) is 5.82 Å². The van der Waals surface area contributed by atoms with Crippen LogP contribution in [0.1, 0.15) is 0 Å². The van der Waals surface area contributed by atoms with Crippen molar-refractivity contribution in [2.24, 2.45) is 7.05 Å². The van der Waals surface area contributed by atoms with Crippen LogP contribution in [-0.4, -0.2) is 43.8 Å². The van der Waals surface area contributed by atoms with Crippen LogP contribution < -0.4 is 21.3 Å². The highest BCUT2D eigenvalue weighted by atomic mass is 127. The Morgan fingerprint density at radius 1 is 1.31 bits per heavy atom. The number of hydrogen-bond donors (Lipinski definition) is 3. The van der Waals surface area contributed by atoms with Gasteiger partial charge in [-0.15, -0.1) is 4.73 Å². The fourth-order valence-corrected chi connectivity index (χ4v) is 2.97. The van der Waals surface area contributed by atoms with Gasteiger partial charge in [0.15, 0.2) is 5.65 Å². The molecule has 0 aliphatic rings. The Morgan fingerprint density at radius 3 is 2.69 bits per heavy atom. The number of aryl methyl sites for hydroxylation is 1. The lowest BCUT2D eigenvalue weighted by Gasteiger charge is -2.15. The van der Waals surface area contributed by atoms with Crippen LogP contribution in [-0.2, 0) is 7.05 Å². The molecule has 0 fully saturated rings. The summed E-state index contributed by atoms with van der Waals surface area (Å²) in [6.07, 6.45) is -0.311. The van der Waals surface area contributed by atoms with Crippen LogP contribution >= 0.6 is 22.6 Å². The Bertz CT molecular complexity index is 1200. The molecule has 1 aromatic carbocycles. The average Bonchev–Trinajstić information content (AvgIpc) is 2.70. The highest BCUT2D eigenvalue weighted by Crippen LogP contribution is 2.26. The minimum atomic E-state index is -1.30. The predicted octanol–water partition coefficient (Wildman–Crippen LogP) is 0.503. The first kappa shape index (κ1) is 21.1. The van der Waals surface area contributed by atoms with Gasteiger partial charge in [-0.2, -0.15) is 4.39 Å². The Balaban J connectivity index is 2.21. The molecule has 0 aliphatic carbocycles. The van der Waals surface area contributed by atoms with E-state index in [1.54, 1.807) is 6.07 Å². The molecule has 2 heterocycles. The van der Waals surface area contributed by atoms with Crippen LogP contribution in [0, 0.1) is 15.2 Å². The van der Waals surface area contributed by atoms with Gasteiger partial charge in [0, 0.05) is 10.6 Å². The second kappa shape index (κ2) is 8.42. The summed E-state index contributed by atoms with van der Waals surface area (Å²) in [5, 5.41) is 20.3. The third-order valence-electron chi connectivity index (χ3n) is 4.01. The summed E-state index contributed by atoms with van der Waals surface area (Å²) in [6.45, 7) is -1.04. The van der Waals surface area contributed by atoms with Crippen molar-refractivity contribution in [3.05, 3.63) is 60.4 Å². The van der Waals surface area contributed by atoms with E-state index in [0.717, 1.165) is 10.9 Å². The number of aromatic nitrogens is 3. The minimum Gasteiger partial charge on any atom is -0.406 e. The summed E-state index contributed by atoms with van der Waals surface area (Å²) in [7, 11) is 1.23. The number of benzene rings is 1. The fraction of sp³-hybridized carbons (Fsp3) is 0.235. The lowest BCUT2D eigenvalue weighted by Crippen LogP contribution is -2.35. The quantitative estimate of drug-likeness (QED) is 0.406. The normalized spacial score (nSPS) is 12.2. The van der Waals surface area contributed by atoms with Crippen molar-refractivity contribution in [3.8, 4) is 0 Å². The van der Waals surface area contributed by atoms with Gasteiger partial charge in [0.25, 0.3) is 11.1 Å². The van der Waals surface area contributed by atoms with E-state index in [0.29, 0.717) is 8.30 Å². The molecular weight excluding hydrogens is 505 g/mol. The first-order chi connectivity index (χ1) is 13.7. The number of aliphatic hydroxyl groups is 2. The number of fused-ring (bicyclic) bond motifs is 1. The van der Waals surface area contributed by atoms with E-state index >= 15 is 0 Å². The monoisotopic (exact) mass is 520 g/mol. The van der Waals surface area contributed by atoms with Crippen molar-refractivity contribution in [2.75, 3.05) is 18.5 Å². The molecule has 29 heavy (non-hydrogen) atoms. The Kier molecular flexibility index (Phi) is 6.14. The lowest BCUT2D eigenvalue weighted by molar-refractivity contribution is -0.00415. The molecule has 3 N–H and O–H groups in total. The van der Waals surface area contributed by atoms with E-state index in [1.807, 2.05) is 22.6 Å². The molecule has 3 aromatic rings. The number of anilines is 2. The van der Waals surface area contributed by atoms with E-state index in [1.165, 1.54) is 19.2 Å². The topological polar surface area (TPSA) is 119 Å². The summed E-state index contributed by atoms with van der Waals surface area (Å²) in [4.78, 5) is 34.0.